The number of aliphatic imine (C=N–C) groups is 1. The summed E-state index contributed by atoms with van der Waals surface area (Å²) in [6, 6.07) is 67.2. The molecule has 0 radical (unpaired) electrons. The van der Waals surface area contributed by atoms with Crippen molar-refractivity contribution in [1.82, 2.24) is 14.9 Å². The molecule has 64 heavy (non-hydrogen) atoms. The van der Waals surface area contributed by atoms with Crippen molar-refractivity contribution in [2.45, 2.75) is 37.3 Å². The second-order valence-corrected chi connectivity index (χ2v) is 17.6. The normalized spacial score (nSPS) is 16.6. The molecule has 304 valence electrons. The van der Waals surface area contributed by atoms with Crippen LogP contribution in [0, 0.1) is 0 Å². The SMILES string of the molecule is C1=C(c2ccc(C3=NC(c4ccccc4)NC(c4ccc(-c5cccnc5)cc4)=C3)cc2)CCc2c1c1cccc3c1n2-c1ccccc1C31c2ccccc2CCc2ccccc21. The van der Waals surface area contributed by atoms with Crippen molar-refractivity contribution < 1.29 is 0 Å². The number of benzene rings is 7. The van der Waals surface area contributed by atoms with Crippen LogP contribution in [-0.4, -0.2) is 15.3 Å². The Labute approximate surface area is 373 Å². The van der Waals surface area contributed by atoms with E-state index in [0.717, 1.165) is 64.9 Å². The number of nitrogens with zero attached hydrogens (tertiary/aromatic N) is 3. The number of aryl methyl sites for hydroxylation is 2. The standard InChI is InChI=1S/C60H44N4/c1-2-14-45(15-3-1)59-62-54(37-55(63-59)44-31-25-40(26-32-44)47-16-11-35-61-38-47)43-29-23-39(24-30-43)46-33-34-56-49(36-46)48-17-10-21-53-58(48)64(56)57-22-9-8-20-52(57)60(53)50-18-6-4-12-41(50)27-28-42-13-5-7-19-51(42)60/h1-26,29-32,35-38,59,63H,27-28,33-34H2. The number of pyridine rings is 1. The van der Waals surface area contributed by atoms with E-state index in [2.05, 4.69) is 203 Å². The van der Waals surface area contributed by atoms with Crippen molar-refractivity contribution in [3.8, 4) is 16.8 Å². The van der Waals surface area contributed by atoms with Crippen LogP contribution in [0.2, 0.25) is 0 Å². The third-order valence-corrected chi connectivity index (χ3v) is 14.2. The van der Waals surface area contributed by atoms with E-state index in [1.54, 1.807) is 0 Å². The summed E-state index contributed by atoms with van der Waals surface area (Å²) in [6.07, 6.45) is 12.2. The molecule has 0 saturated carbocycles. The summed E-state index contributed by atoms with van der Waals surface area (Å²) in [4.78, 5) is 9.61. The summed E-state index contributed by atoms with van der Waals surface area (Å²) in [5.41, 5.74) is 23.7. The topological polar surface area (TPSA) is 42.2 Å². The van der Waals surface area contributed by atoms with Crippen molar-refractivity contribution in [3.63, 3.8) is 0 Å². The maximum Gasteiger partial charge on any atom is 0.145 e. The number of hydrogen-bond donors (Lipinski definition) is 1. The van der Waals surface area contributed by atoms with Gasteiger partial charge in [0.25, 0.3) is 0 Å². The van der Waals surface area contributed by atoms with Crippen LogP contribution in [0.1, 0.15) is 79.5 Å². The number of allylic oxidation sites excluding steroid dienone is 2. The van der Waals surface area contributed by atoms with Gasteiger partial charge in [-0.05, 0) is 122 Å². The van der Waals surface area contributed by atoms with Crippen molar-refractivity contribution in [2.75, 3.05) is 0 Å². The van der Waals surface area contributed by atoms with E-state index >= 15 is 0 Å². The van der Waals surface area contributed by atoms with Gasteiger partial charge >= 0.3 is 0 Å². The highest BCUT2D eigenvalue weighted by Crippen LogP contribution is 2.57. The Balaban J connectivity index is 0.907. The highest BCUT2D eigenvalue weighted by atomic mass is 15.1. The first-order valence-corrected chi connectivity index (χ1v) is 22.6. The molecule has 2 aliphatic heterocycles. The van der Waals surface area contributed by atoms with Crippen molar-refractivity contribution in [1.29, 1.82) is 0 Å². The van der Waals surface area contributed by atoms with Gasteiger partial charge in [0.1, 0.15) is 6.17 Å². The summed E-state index contributed by atoms with van der Waals surface area (Å²) in [7, 11) is 0. The molecule has 1 atom stereocenters. The number of aromatic nitrogens is 2. The lowest BCUT2D eigenvalue weighted by molar-refractivity contribution is 0.664. The van der Waals surface area contributed by atoms with Gasteiger partial charge in [0, 0.05) is 34.7 Å². The molecule has 0 amide bonds. The Kier molecular flexibility index (Phi) is 8.42. The first kappa shape index (κ1) is 36.8. The van der Waals surface area contributed by atoms with Crippen LogP contribution in [0.15, 0.2) is 205 Å². The maximum absolute atomic E-state index is 5.29. The largest absolute Gasteiger partial charge is 0.360 e. The molecule has 4 heterocycles. The van der Waals surface area contributed by atoms with Gasteiger partial charge in [-0.15, -0.1) is 0 Å². The van der Waals surface area contributed by atoms with E-state index in [1.807, 2.05) is 18.5 Å². The molecule has 0 saturated heterocycles. The Bertz CT molecular complexity index is 3340. The van der Waals surface area contributed by atoms with Crippen LogP contribution in [0.3, 0.4) is 0 Å². The summed E-state index contributed by atoms with van der Waals surface area (Å²) >= 11 is 0. The van der Waals surface area contributed by atoms with Crippen LogP contribution in [0.5, 0.6) is 0 Å². The lowest BCUT2D eigenvalue weighted by atomic mass is 9.62. The Morgan fingerprint density at radius 2 is 1.16 bits per heavy atom. The smallest absolute Gasteiger partial charge is 0.145 e. The molecule has 0 fully saturated rings. The van der Waals surface area contributed by atoms with E-state index in [9.17, 15) is 0 Å². The highest BCUT2D eigenvalue weighted by Gasteiger charge is 2.48. The fourth-order valence-corrected chi connectivity index (χ4v) is 11.3. The number of rotatable bonds is 5. The first-order valence-electron chi connectivity index (χ1n) is 22.6. The van der Waals surface area contributed by atoms with Crippen molar-refractivity contribution in [2.24, 2.45) is 4.99 Å². The molecule has 9 aromatic rings. The third kappa shape index (κ3) is 5.62. The van der Waals surface area contributed by atoms with Crippen LogP contribution in [0.4, 0.5) is 0 Å². The number of nitrogens with one attached hydrogen (secondary N) is 1. The van der Waals surface area contributed by atoms with E-state index in [1.165, 1.54) is 72.4 Å². The molecule has 13 rings (SSSR count). The molecule has 4 heteroatoms. The van der Waals surface area contributed by atoms with Crippen LogP contribution in [0.25, 0.3) is 45.1 Å². The average Bonchev–Trinajstić information content (AvgIpc) is 3.63. The zero-order valence-electron chi connectivity index (χ0n) is 35.4. The van der Waals surface area contributed by atoms with Gasteiger partial charge < -0.3 is 9.88 Å². The minimum atomic E-state index is -0.423. The minimum absolute atomic E-state index is 0.206. The van der Waals surface area contributed by atoms with Gasteiger partial charge in [-0.1, -0.05) is 170 Å². The first-order chi connectivity index (χ1) is 31.7. The summed E-state index contributed by atoms with van der Waals surface area (Å²) in [5.74, 6) is 0. The van der Waals surface area contributed by atoms with Crippen molar-refractivity contribution in [3.05, 3.63) is 267 Å². The van der Waals surface area contributed by atoms with Crippen LogP contribution in [-0.2, 0) is 24.7 Å². The molecule has 2 aliphatic carbocycles. The lowest BCUT2D eigenvalue weighted by Gasteiger charge is -2.42. The van der Waals surface area contributed by atoms with E-state index < -0.39 is 5.41 Å². The van der Waals surface area contributed by atoms with Gasteiger partial charge in [0.2, 0.25) is 0 Å². The zero-order valence-corrected chi connectivity index (χ0v) is 35.4. The Morgan fingerprint density at radius 3 is 1.91 bits per heavy atom. The number of para-hydroxylation sites is 2. The monoisotopic (exact) mass is 820 g/mol. The van der Waals surface area contributed by atoms with Gasteiger partial charge in [-0.3, -0.25) is 9.98 Å². The predicted octanol–water partition coefficient (Wildman–Crippen LogP) is 13.1. The van der Waals surface area contributed by atoms with Gasteiger partial charge in [0.15, 0.2) is 0 Å². The molecule has 4 aliphatic rings. The van der Waals surface area contributed by atoms with E-state index in [4.69, 9.17) is 4.99 Å². The highest BCUT2D eigenvalue weighted by molar-refractivity contribution is 6.13. The Morgan fingerprint density at radius 1 is 0.500 bits per heavy atom. The molecule has 0 bridgehead atoms. The fourth-order valence-electron chi connectivity index (χ4n) is 11.3. The molecule has 1 spiro atoms. The molecule has 1 N–H and O–H groups in total. The second kappa shape index (κ2) is 14.6. The molecular weight excluding hydrogens is 777 g/mol. The summed E-state index contributed by atoms with van der Waals surface area (Å²) < 4.78 is 2.63. The van der Waals surface area contributed by atoms with Crippen molar-refractivity contribution >= 4 is 34.0 Å². The third-order valence-electron chi connectivity index (χ3n) is 14.2. The quantitative estimate of drug-likeness (QED) is 0.188. The minimum Gasteiger partial charge on any atom is -0.360 e. The number of fused-ring (bicyclic) bond motifs is 11. The van der Waals surface area contributed by atoms with Gasteiger partial charge in [-0.25, -0.2) is 0 Å². The maximum atomic E-state index is 5.29. The number of hydrogen-bond acceptors (Lipinski definition) is 3. The predicted molar refractivity (Wildman–Crippen MR) is 262 cm³/mol. The van der Waals surface area contributed by atoms with Gasteiger partial charge in [0.05, 0.1) is 22.3 Å². The van der Waals surface area contributed by atoms with Crippen LogP contribution >= 0.6 is 0 Å². The Hall–Kier alpha value is -7.82. The van der Waals surface area contributed by atoms with Gasteiger partial charge in [-0.2, -0.15) is 0 Å². The summed E-state index contributed by atoms with van der Waals surface area (Å²) in [5, 5.41) is 5.07. The zero-order chi connectivity index (χ0) is 42.2. The molecule has 1 unspecified atom stereocenters. The second-order valence-electron chi connectivity index (χ2n) is 17.6. The average molecular weight is 821 g/mol. The molecule has 2 aromatic heterocycles. The van der Waals surface area contributed by atoms with E-state index in [-0.39, 0.29) is 6.17 Å². The lowest BCUT2D eigenvalue weighted by Crippen LogP contribution is -2.36. The molecule has 7 aromatic carbocycles. The fraction of sp³-hybridized carbons (Fsp3) is 0.100. The molecule has 4 nitrogen and oxygen atoms in total. The van der Waals surface area contributed by atoms with E-state index in [0.29, 0.717) is 0 Å². The summed E-state index contributed by atoms with van der Waals surface area (Å²) in [6.45, 7) is 0. The molecular formula is C60H44N4. The van der Waals surface area contributed by atoms with Crippen LogP contribution < -0.4 is 5.32 Å².